The fraction of sp³-hybridized carbons (Fsp3) is 0.133. The second-order valence-corrected chi connectivity index (χ2v) is 6.60. The Bertz CT molecular complexity index is 919. The number of anilines is 1. The van der Waals surface area contributed by atoms with Gasteiger partial charge in [-0.25, -0.2) is 9.37 Å². The van der Waals surface area contributed by atoms with Crippen LogP contribution in [0.15, 0.2) is 45.7 Å². The van der Waals surface area contributed by atoms with Crippen LogP contribution in [-0.2, 0) is 11.8 Å². The van der Waals surface area contributed by atoms with E-state index in [1.54, 1.807) is 13.1 Å². The molecule has 0 aliphatic heterocycles. The molecule has 0 saturated heterocycles. The van der Waals surface area contributed by atoms with Gasteiger partial charge in [-0.2, -0.15) is 0 Å². The number of carbonyl (C=O) groups excluding carboxylic acids is 1. The summed E-state index contributed by atoms with van der Waals surface area (Å²) in [5, 5.41) is 4.96. The SMILES string of the molecule is Cn1c(SCC(=O)Nc2ccc(F)cc2)nc2ccsc2c1=O. The number of hydrogen-bond acceptors (Lipinski definition) is 5. The zero-order valence-corrected chi connectivity index (χ0v) is 13.7. The monoisotopic (exact) mass is 349 g/mol. The van der Waals surface area contributed by atoms with Gasteiger partial charge in [-0.15, -0.1) is 11.3 Å². The molecule has 2 heterocycles. The summed E-state index contributed by atoms with van der Waals surface area (Å²) in [4.78, 5) is 28.5. The maximum atomic E-state index is 12.8. The molecule has 1 amide bonds. The van der Waals surface area contributed by atoms with Gasteiger partial charge in [0.05, 0.1) is 11.3 Å². The second-order valence-electron chi connectivity index (χ2n) is 4.74. The average molecular weight is 349 g/mol. The van der Waals surface area contributed by atoms with E-state index in [9.17, 15) is 14.0 Å². The number of halogens is 1. The van der Waals surface area contributed by atoms with Crippen LogP contribution in [0.5, 0.6) is 0 Å². The van der Waals surface area contributed by atoms with Gasteiger partial charge in [0.15, 0.2) is 5.16 Å². The minimum atomic E-state index is -0.361. The molecule has 2 aromatic heterocycles. The summed E-state index contributed by atoms with van der Waals surface area (Å²) in [5.41, 5.74) is 1.04. The molecule has 0 spiro atoms. The number of aromatic nitrogens is 2. The highest BCUT2D eigenvalue weighted by atomic mass is 32.2. The minimum absolute atomic E-state index is 0.104. The molecule has 0 unspecified atom stereocenters. The lowest BCUT2D eigenvalue weighted by Gasteiger charge is -2.07. The van der Waals surface area contributed by atoms with E-state index < -0.39 is 0 Å². The van der Waals surface area contributed by atoms with Crippen molar-refractivity contribution in [2.24, 2.45) is 7.05 Å². The summed E-state index contributed by atoms with van der Waals surface area (Å²) in [6.45, 7) is 0. The van der Waals surface area contributed by atoms with E-state index >= 15 is 0 Å². The molecule has 0 bridgehead atoms. The number of fused-ring (bicyclic) bond motifs is 1. The molecular formula is C15H12FN3O2S2. The first-order valence-electron chi connectivity index (χ1n) is 6.67. The third-order valence-electron chi connectivity index (χ3n) is 3.11. The van der Waals surface area contributed by atoms with E-state index in [4.69, 9.17) is 0 Å². The molecule has 0 radical (unpaired) electrons. The Labute approximate surface area is 139 Å². The Morgan fingerprint density at radius 1 is 1.35 bits per heavy atom. The van der Waals surface area contributed by atoms with Crippen molar-refractivity contribution in [3.63, 3.8) is 0 Å². The highest BCUT2D eigenvalue weighted by Gasteiger charge is 2.11. The number of thiophene rings is 1. The van der Waals surface area contributed by atoms with Gasteiger partial charge in [0.2, 0.25) is 5.91 Å². The topological polar surface area (TPSA) is 64.0 Å². The Morgan fingerprint density at radius 2 is 2.09 bits per heavy atom. The van der Waals surface area contributed by atoms with E-state index in [-0.39, 0.29) is 23.0 Å². The molecule has 1 aromatic carbocycles. The van der Waals surface area contributed by atoms with Crippen molar-refractivity contribution in [1.82, 2.24) is 9.55 Å². The zero-order chi connectivity index (χ0) is 16.4. The van der Waals surface area contributed by atoms with Gasteiger partial charge in [0.25, 0.3) is 5.56 Å². The molecule has 3 rings (SSSR count). The summed E-state index contributed by atoms with van der Waals surface area (Å²) >= 11 is 2.53. The largest absolute Gasteiger partial charge is 0.325 e. The van der Waals surface area contributed by atoms with Gasteiger partial charge in [-0.3, -0.25) is 14.2 Å². The predicted octanol–water partition coefficient (Wildman–Crippen LogP) is 2.86. The fourth-order valence-electron chi connectivity index (χ4n) is 1.96. The molecular weight excluding hydrogens is 337 g/mol. The lowest BCUT2D eigenvalue weighted by atomic mass is 10.3. The van der Waals surface area contributed by atoms with Crippen molar-refractivity contribution in [3.8, 4) is 0 Å². The fourth-order valence-corrected chi connectivity index (χ4v) is 3.53. The Balaban J connectivity index is 1.70. The summed E-state index contributed by atoms with van der Waals surface area (Å²) in [6.07, 6.45) is 0. The predicted molar refractivity (Wildman–Crippen MR) is 90.6 cm³/mol. The second kappa shape index (κ2) is 6.51. The molecule has 0 fully saturated rings. The van der Waals surface area contributed by atoms with Gasteiger partial charge in [0, 0.05) is 12.7 Å². The van der Waals surface area contributed by atoms with Crippen molar-refractivity contribution in [2.45, 2.75) is 5.16 Å². The standard InChI is InChI=1S/C15H12FN3O2S2/c1-19-14(21)13-11(6-7-22-13)18-15(19)23-8-12(20)17-10-4-2-9(16)3-5-10/h2-7H,8H2,1H3,(H,17,20). The van der Waals surface area contributed by atoms with Gasteiger partial charge in [-0.1, -0.05) is 11.8 Å². The number of hydrogen-bond donors (Lipinski definition) is 1. The van der Waals surface area contributed by atoms with Gasteiger partial charge < -0.3 is 5.32 Å². The van der Waals surface area contributed by atoms with E-state index in [1.807, 2.05) is 5.38 Å². The number of amides is 1. The smallest absolute Gasteiger partial charge is 0.271 e. The third kappa shape index (κ3) is 3.43. The Morgan fingerprint density at radius 3 is 2.83 bits per heavy atom. The summed E-state index contributed by atoms with van der Waals surface area (Å²) in [7, 11) is 1.63. The molecule has 0 aliphatic rings. The maximum absolute atomic E-state index is 12.8. The minimum Gasteiger partial charge on any atom is -0.325 e. The van der Waals surface area contributed by atoms with E-state index in [0.29, 0.717) is 21.1 Å². The first-order valence-corrected chi connectivity index (χ1v) is 8.53. The van der Waals surface area contributed by atoms with Crippen LogP contribution in [0.25, 0.3) is 10.2 Å². The molecule has 118 valence electrons. The van der Waals surface area contributed by atoms with Crippen LogP contribution in [0.3, 0.4) is 0 Å². The summed E-state index contributed by atoms with van der Waals surface area (Å²) in [5.74, 6) is -0.505. The normalized spacial score (nSPS) is 10.9. The summed E-state index contributed by atoms with van der Waals surface area (Å²) in [6, 6.07) is 7.31. The van der Waals surface area contributed by atoms with Crippen molar-refractivity contribution >= 4 is 44.9 Å². The number of thioether (sulfide) groups is 1. The molecule has 0 aliphatic carbocycles. The molecule has 0 saturated carbocycles. The van der Waals surface area contributed by atoms with E-state index in [2.05, 4.69) is 10.3 Å². The number of benzene rings is 1. The van der Waals surface area contributed by atoms with Crippen LogP contribution in [0.1, 0.15) is 0 Å². The van der Waals surface area contributed by atoms with Crippen LogP contribution < -0.4 is 10.9 Å². The maximum Gasteiger partial charge on any atom is 0.271 e. The quantitative estimate of drug-likeness (QED) is 0.581. The molecule has 1 N–H and O–H groups in total. The number of rotatable bonds is 4. The Kier molecular flexibility index (Phi) is 4.44. The number of nitrogens with one attached hydrogen (secondary N) is 1. The lowest BCUT2D eigenvalue weighted by Crippen LogP contribution is -2.20. The zero-order valence-electron chi connectivity index (χ0n) is 12.1. The van der Waals surface area contributed by atoms with Gasteiger partial charge in [0.1, 0.15) is 10.5 Å². The van der Waals surface area contributed by atoms with Crippen LogP contribution >= 0.6 is 23.1 Å². The number of carbonyl (C=O) groups is 1. The van der Waals surface area contributed by atoms with Crippen LogP contribution in [0.4, 0.5) is 10.1 Å². The third-order valence-corrected chi connectivity index (χ3v) is 5.03. The molecule has 8 heteroatoms. The molecule has 23 heavy (non-hydrogen) atoms. The van der Waals surface area contributed by atoms with Crippen LogP contribution in [-0.4, -0.2) is 21.2 Å². The first-order chi connectivity index (χ1) is 11.0. The highest BCUT2D eigenvalue weighted by molar-refractivity contribution is 7.99. The van der Waals surface area contributed by atoms with E-state index in [0.717, 1.165) is 0 Å². The molecule has 3 aromatic rings. The van der Waals surface area contributed by atoms with Crippen LogP contribution in [0.2, 0.25) is 0 Å². The van der Waals surface area contributed by atoms with Gasteiger partial charge >= 0.3 is 0 Å². The Hall–Kier alpha value is -2.19. The van der Waals surface area contributed by atoms with Crippen molar-refractivity contribution in [1.29, 1.82) is 0 Å². The number of nitrogens with zero attached hydrogens (tertiary/aromatic N) is 2. The molecule has 5 nitrogen and oxygen atoms in total. The van der Waals surface area contributed by atoms with Gasteiger partial charge in [-0.05, 0) is 35.7 Å². The highest BCUT2D eigenvalue weighted by Crippen LogP contribution is 2.20. The van der Waals surface area contributed by atoms with Crippen molar-refractivity contribution in [3.05, 3.63) is 51.9 Å². The summed E-state index contributed by atoms with van der Waals surface area (Å²) < 4.78 is 14.9. The van der Waals surface area contributed by atoms with Crippen LogP contribution in [0, 0.1) is 5.82 Å². The lowest BCUT2D eigenvalue weighted by molar-refractivity contribution is -0.113. The van der Waals surface area contributed by atoms with Crippen molar-refractivity contribution < 1.29 is 9.18 Å². The van der Waals surface area contributed by atoms with E-state index in [1.165, 1.54) is 51.9 Å². The average Bonchev–Trinajstić information content (AvgIpc) is 3.00. The molecule has 0 atom stereocenters. The first kappa shape index (κ1) is 15.7. The van der Waals surface area contributed by atoms with Crippen molar-refractivity contribution in [2.75, 3.05) is 11.1 Å².